The maximum Gasteiger partial charge on any atom is 0.352 e. The van der Waals surface area contributed by atoms with Gasteiger partial charge in [-0.25, -0.2) is 9.59 Å². The molecule has 0 spiro atoms. The van der Waals surface area contributed by atoms with Crippen LogP contribution in [0.25, 0.3) is 0 Å². The zero-order chi connectivity index (χ0) is 14.4. The molecule has 1 aromatic rings. The molecule has 0 aliphatic carbocycles. The molecule has 5 nitrogen and oxygen atoms in total. The highest BCUT2D eigenvalue weighted by molar-refractivity contribution is 5.90. The molecule has 0 bridgehead atoms. The Kier molecular flexibility index (Phi) is 5.00. The Labute approximate surface area is 110 Å². The zero-order valence-electron chi connectivity index (χ0n) is 10.7. The molecule has 0 saturated heterocycles. The maximum atomic E-state index is 11.7. The van der Waals surface area contributed by atoms with Crippen molar-refractivity contribution >= 4 is 18.2 Å². The summed E-state index contributed by atoms with van der Waals surface area (Å²) < 4.78 is 9.82. The van der Waals surface area contributed by atoms with Gasteiger partial charge < -0.3 is 9.47 Å². The minimum atomic E-state index is -1.08. The van der Waals surface area contributed by atoms with Gasteiger partial charge in [0.1, 0.15) is 5.75 Å². The van der Waals surface area contributed by atoms with Crippen molar-refractivity contribution in [2.24, 2.45) is 0 Å². The van der Waals surface area contributed by atoms with Crippen molar-refractivity contribution in [2.45, 2.75) is 20.0 Å². The summed E-state index contributed by atoms with van der Waals surface area (Å²) in [5.74, 6) is -1.31. The van der Waals surface area contributed by atoms with E-state index in [4.69, 9.17) is 9.47 Å². The molecule has 1 rings (SSSR count). The summed E-state index contributed by atoms with van der Waals surface area (Å²) in [7, 11) is 0. The highest BCUT2D eigenvalue weighted by Crippen LogP contribution is 2.16. The van der Waals surface area contributed by atoms with Crippen LogP contribution in [0.4, 0.5) is 0 Å². The van der Waals surface area contributed by atoms with Crippen molar-refractivity contribution < 1.29 is 23.9 Å². The first kappa shape index (κ1) is 14.6. The lowest BCUT2D eigenvalue weighted by atomic mass is 10.2. The third-order valence-electron chi connectivity index (χ3n) is 2.22. The van der Waals surface area contributed by atoms with Gasteiger partial charge in [0.25, 0.3) is 0 Å². The lowest BCUT2D eigenvalue weighted by molar-refractivity contribution is -0.158. The molecule has 5 heteroatoms. The smallest absolute Gasteiger partial charge is 0.352 e. The van der Waals surface area contributed by atoms with Gasteiger partial charge in [0.05, 0.1) is 5.56 Å². The van der Waals surface area contributed by atoms with E-state index < -0.39 is 18.0 Å². The van der Waals surface area contributed by atoms with E-state index in [-0.39, 0.29) is 16.9 Å². The SMILES string of the molecule is C=C(C)C(=O)OC(C)C(=O)Oc1ccccc1C=O. The average Bonchev–Trinajstić information content (AvgIpc) is 2.38. The third kappa shape index (κ3) is 4.06. The van der Waals surface area contributed by atoms with Crippen molar-refractivity contribution in [3.05, 3.63) is 42.0 Å². The number of para-hydroxylation sites is 1. The first-order chi connectivity index (χ1) is 8.95. The molecule has 0 saturated carbocycles. The molecular weight excluding hydrogens is 248 g/mol. The summed E-state index contributed by atoms with van der Waals surface area (Å²) in [6, 6.07) is 6.26. The second kappa shape index (κ2) is 6.49. The van der Waals surface area contributed by atoms with E-state index in [1.807, 2.05) is 0 Å². The lowest BCUT2D eigenvalue weighted by Crippen LogP contribution is -2.28. The number of benzene rings is 1. The van der Waals surface area contributed by atoms with Crippen molar-refractivity contribution in [3.8, 4) is 5.75 Å². The highest BCUT2D eigenvalue weighted by atomic mass is 16.6. The van der Waals surface area contributed by atoms with Gasteiger partial charge in [0.15, 0.2) is 12.4 Å². The van der Waals surface area contributed by atoms with E-state index in [0.29, 0.717) is 6.29 Å². The zero-order valence-corrected chi connectivity index (χ0v) is 10.7. The Morgan fingerprint density at radius 1 is 1.32 bits per heavy atom. The standard InChI is InChI=1S/C14H14O5/c1-9(2)13(16)18-10(3)14(17)19-12-7-5-4-6-11(12)8-15/h4-8,10H,1H2,2-3H3. The van der Waals surface area contributed by atoms with Crippen LogP contribution in [0.1, 0.15) is 24.2 Å². The van der Waals surface area contributed by atoms with Crippen molar-refractivity contribution in [2.75, 3.05) is 0 Å². The van der Waals surface area contributed by atoms with Crippen molar-refractivity contribution in [3.63, 3.8) is 0 Å². The predicted molar refractivity (Wildman–Crippen MR) is 67.8 cm³/mol. The van der Waals surface area contributed by atoms with Gasteiger partial charge in [-0.3, -0.25) is 4.79 Å². The van der Waals surface area contributed by atoms with Crippen molar-refractivity contribution in [1.29, 1.82) is 0 Å². The molecule has 0 N–H and O–H groups in total. The highest BCUT2D eigenvalue weighted by Gasteiger charge is 2.21. The first-order valence-corrected chi connectivity index (χ1v) is 5.58. The van der Waals surface area contributed by atoms with Crippen LogP contribution in [0, 0.1) is 0 Å². The molecular formula is C14H14O5. The van der Waals surface area contributed by atoms with Gasteiger partial charge in [-0.05, 0) is 26.0 Å². The quantitative estimate of drug-likeness (QED) is 0.351. The van der Waals surface area contributed by atoms with Crippen LogP contribution < -0.4 is 4.74 Å². The Morgan fingerprint density at radius 2 is 1.95 bits per heavy atom. The minimum Gasteiger partial charge on any atom is -0.447 e. The van der Waals surface area contributed by atoms with E-state index in [1.165, 1.54) is 26.0 Å². The van der Waals surface area contributed by atoms with Crippen LogP contribution in [0.15, 0.2) is 36.4 Å². The second-order valence-corrected chi connectivity index (χ2v) is 3.90. The lowest BCUT2D eigenvalue weighted by Gasteiger charge is -2.13. The van der Waals surface area contributed by atoms with Crippen LogP contribution in [0.5, 0.6) is 5.75 Å². The van der Waals surface area contributed by atoms with Gasteiger partial charge in [-0.15, -0.1) is 0 Å². The Morgan fingerprint density at radius 3 is 2.53 bits per heavy atom. The molecule has 19 heavy (non-hydrogen) atoms. The number of aldehydes is 1. The fourth-order valence-corrected chi connectivity index (χ4v) is 1.17. The Bertz CT molecular complexity index is 518. The van der Waals surface area contributed by atoms with Gasteiger partial charge in [-0.1, -0.05) is 18.7 Å². The maximum absolute atomic E-state index is 11.7. The summed E-state index contributed by atoms with van der Waals surface area (Å²) in [6.45, 7) is 6.26. The van der Waals surface area contributed by atoms with Crippen molar-refractivity contribution in [1.82, 2.24) is 0 Å². The molecule has 100 valence electrons. The molecule has 1 aromatic carbocycles. The predicted octanol–water partition coefficient (Wildman–Crippen LogP) is 1.91. The monoisotopic (exact) mass is 262 g/mol. The fraction of sp³-hybridized carbons (Fsp3) is 0.214. The molecule has 0 amide bonds. The second-order valence-electron chi connectivity index (χ2n) is 3.90. The molecule has 0 fully saturated rings. The molecule has 0 aliphatic heterocycles. The van der Waals surface area contributed by atoms with E-state index >= 15 is 0 Å². The largest absolute Gasteiger partial charge is 0.447 e. The molecule has 1 unspecified atom stereocenters. The number of rotatable bonds is 5. The van der Waals surface area contributed by atoms with E-state index in [9.17, 15) is 14.4 Å². The van der Waals surface area contributed by atoms with E-state index in [1.54, 1.807) is 12.1 Å². The summed E-state index contributed by atoms with van der Waals surface area (Å²) in [5.41, 5.74) is 0.433. The number of hydrogen-bond donors (Lipinski definition) is 0. The van der Waals surface area contributed by atoms with E-state index in [0.717, 1.165) is 0 Å². The normalized spacial score (nSPS) is 11.3. The fourth-order valence-electron chi connectivity index (χ4n) is 1.17. The summed E-state index contributed by atoms with van der Waals surface area (Å²) in [4.78, 5) is 33.7. The van der Waals surface area contributed by atoms with Crippen LogP contribution in [-0.4, -0.2) is 24.3 Å². The van der Waals surface area contributed by atoms with Gasteiger partial charge in [0, 0.05) is 5.57 Å². The molecule has 0 aromatic heterocycles. The number of carbonyl (C=O) groups excluding carboxylic acids is 3. The Balaban J connectivity index is 2.71. The molecule has 0 heterocycles. The number of hydrogen-bond acceptors (Lipinski definition) is 5. The number of ether oxygens (including phenoxy) is 2. The topological polar surface area (TPSA) is 69.7 Å². The number of esters is 2. The Hall–Kier alpha value is -2.43. The summed E-state index contributed by atoms with van der Waals surface area (Å²) in [6.07, 6.45) is -0.503. The summed E-state index contributed by atoms with van der Waals surface area (Å²) >= 11 is 0. The summed E-state index contributed by atoms with van der Waals surface area (Å²) in [5, 5.41) is 0. The van der Waals surface area contributed by atoms with Gasteiger partial charge in [0.2, 0.25) is 0 Å². The minimum absolute atomic E-state index is 0.126. The van der Waals surface area contributed by atoms with Gasteiger partial charge >= 0.3 is 11.9 Å². The molecule has 0 radical (unpaired) electrons. The van der Waals surface area contributed by atoms with E-state index in [2.05, 4.69) is 6.58 Å². The molecule has 1 atom stereocenters. The first-order valence-electron chi connectivity index (χ1n) is 5.58. The molecule has 0 aliphatic rings. The average molecular weight is 262 g/mol. The van der Waals surface area contributed by atoms with Crippen LogP contribution in [0.3, 0.4) is 0 Å². The van der Waals surface area contributed by atoms with Crippen LogP contribution in [-0.2, 0) is 14.3 Å². The van der Waals surface area contributed by atoms with Gasteiger partial charge in [-0.2, -0.15) is 0 Å². The number of carbonyl (C=O) groups is 3. The van der Waals surface area contributed by atoms with Crippen LogP contribution >= 0.6 is 0 Å². The van der Waals surface area contributed by atoms with Crippen LogP contribution in [0.2, 0.25) is 0 Å². The third-order valence-corrected chi connectivity index (χ3v) is 2.22.